The summed E-state index contributed by atoms with van der Waals surface area (Å²) in [5, 5.41) is 14.7. The summed E-state index contributed by atoms with van der Waals surface area (Å²) in [7, 11) is 0. The normalized spacial score (nSPS) is 28.5. The number of benzene rings is 1. The Bertz CT molecular complexity index is 508. The lowest BCUT2D eigenvalue weighted by Crippen LogP contribution is -2.50. The van der Waals surface area contributed by atoms with Crippen molar-refractivity contribution in [3.05, 3.63) is 34.9 Å². The molecular weight excluding hydrogens is 312 g/mol. The maximum absolute atomic E-state index is 10.4. The van der Waals surface area contributed by atoms with Gasteiger partial charge >= 0.3 is 0 Å². The van der Waals surface area contributed by atoms with Gasteiger partial charge in [0.05, 0.1) is 18.3 Å². The molecule has 1 saturated heterocycles. The van der Waals surface area contributed by atoms with Crippen molar-refractivity contribution in [2.75, 3.05) is 26.2 Å². The van der Waals surface area contributed by atoms with Crippen molar-refractivity contribution in [1.29, 1.82) is 0 Å². The third kappa shape index (κ3) is 4.46. The quantitative estimate of drug-likeness (QED) is 0.836. The van der Waals surface area contributed by atoms with E-state index in [2.05, 4.69) is 36.2 Å². The lowest BCUT2D eigenvalue weighted by atomic mass is 10.0. The van der Waals surface area contributed by atoms with E-state index in [1.807, 2.05) is 12.1 Å². The molecular formula is C18H27ClN2O2. The number of morpholine rings is 1. The molecule has 0 aromatic heterocycles. The topological polar surface area (TPSA) is 44.7 Å². The molecule has 0 radical (unpaired) electrons. The molecule has 0 amide bonds. The highest BCUT2D eigenvalue weighted by Crippen LogP contribution is 2.45. The molecule has 1 aliphatic carbocycles. The minimum absolute atomic E-state index is 0.0389. The number of nitrogens with one attached hydrogen (secondary N) is 1. The van der Waals surface area contributed by atoms with Crippen LogP contribution in [0.15, 0.2) is 24.3 Å². The third-order valence-electron chi connectivity index (χ3n) is 4.79. The first-order chi connectivity index (χ1) is 11.0. The second-order valence-electron chi connectivity index (χ2n) is 7.10. The number of β-amino-alcohol motifs (C(OH)–C–C–N with tert-alkyl or cyclic N) is 1. The van der Waals surface area contributed by atoms with Crippen LogP contribution >= 0.6 is 11.6 Å². The first-order valence-electron chi connectivity index (χ1n) is 8.54. The van der Waals surface area contributed by atoms with Crippen LogP contribution in [0.1, 0.15) is 32.3 Å². The molecule has 3 rings (SSSR count). The first kappa shape index (κ1) is 17.2. The summed E-state index contributed by atoms with van der Waals surface area (Å²) in [6.45, 7) is 7.28. The Kier molecular flexibility index (Phi) is 5.29. The maximum atomic E-state index is 10.4. The molecule has 0 spiro atoms. The lowest BCUT2D eigenvalue weighted by molar-refractivity contribution is -0.0763. The number of nitrogens with zero attached hydrogens (tertiary/aromatic N) is 1. The van der Waals surface area contributed by atoms with E-state index in [9.17, 15) is 5.11 Å². The average molecular weight is 339 g/mol. The molecule has 2 fully saturated rings. The summed E-state index contributed by atoms with van der Waals surface area (Å²) in [6.07, 6.45) is 2.35. The molecule has 1 saturated carbocycles. The standard InChI is InChI=1S/C18H27ClN2O2/c1-13-10-21(11-14(2)23-13)12-17(22)9-20-18(7-8-18)15-3-5-16(19)6-4-15/h3-6,13-14,17,20,22H,7-12H2,1-2H3. The van der Waals surface area contributed by atoms with E-state index in [1.54, 1.807) is 0 Å². The van der Waals surface area contributed by atoms with Gasteiger partial charge in [-0.2, -0.15) is 0 Å². The highest BCUT2D eigenvalue weighted by atomic mass is 35.5. The molecule has 1 aliphatic heterocycles. The summed E-state index contributed by atoms with van der Waals surface area (Å²) < 4.78 is 5.74. The Morgan fingerprint density at radius 3 is 2.43 bits per heavy atom. The van der Waals surface area contributed by atoms with Crippen molar-refractivity contribution < 1.29 is 9.84 Å². The highest BCUT2D eigenvalue weighted by Gasteiger charge is 2.44. The van der Waals surface area contributed by atoms with Gasteiger partial charge in [0.15, 0.2) is 0 Å². The predicted molar refractivity (Wildman–Crippen MR) is 92.8 cm³/mol. The van der Waals surface area contributed by atoms with Crippen molar-refractivity contribution in [1.82, 2.24) is 10.2 Å². The number of halogens is 1. The molecule has 2 N–H and O–H groups in total. The van der Waals surface area contributed by atoms with Gasteiger partial charge < -0.3 is 15.2 Å². The fourth-order valence-electron chi connectivity index (χ4n) is 3.57. The number of ether oxygens (including phenoxy) is 1. The summed E-state index contributed by atoms with van der Waals surface area (Å²) in [4.78, 5) is 2.30. The molecule has 3 atom stereocenters. The van der Waals surface area contributed by atoms with E-state index in [0.29, 0.717) is 13.1 Å². The molecule has 2 aliphatic rings. The maximum Gasteiger partial charge on any atom is 0.0791 e. The van der Waals surface area contributed by atoms with E-state index in [1.165, 1.54) is 5.56 Å². The van der Waals surface area contributed by atoms with Gasteiger partial charge in [-0.05, 0) is 44.4 Å². The summed E-state index contributed by atoms with van der Waals surface area (Å²) in [6, 6.07) is 8.04. The van der Waals surface area contributed by atoms with E-state index in [0.717, 1.165) is 31.0 Å². The Hall–Kier alpha value is -0.650. The number of aliphatic hydroxyl groups excluding tert-OH is 1. The minimum Gasteiger partial charge on any atom is -0.390 e. The molecule has 1 aromatic carbocycles. The fraction of sp³-hybridized carbons (Fsp3) is 0.667. The molecule has 0 bridgehead atoms. The van der Waals surface area contributed by atoms with Crippen LogP contribution in [0.5, 0.6) is 0 Å². The summed E-state index contributed by atoms with van der Waals surface area (Å²) >= 11 is 5.97. The van der Waals surface area contributed by atoms with E-state index in [4.69, 9.17) is 16.3 Å². The Morgan fingerprint density at radius 2 is 1.87 bits per heavy atom. The zero-order chi connectivity index (χ0) is 16.4. The zero-order valence-corrected chi connectivity index (χ0v) is 14.7. The number of hydrogen-bond acceptors (Lipinski definition) is 4. The van der Waals surface area contributed by atoms with Crippen molar-refractivity contribution in [3.63, 3.8) is 0 Å². The molecule has 1 aromatic rings. The average Bonchev–Trinajstić information content (AvgIpc) is 3.26. The van der Waals surface area contributed by atoms with Crippen LogP contribution in [0.4, 0.5) is 0 Å². The van der Waals surface area contributed by atoms with Gasteiger partial charge in [0, 0.05) is 36.7 Å². The van der Waals surface area contributed by atoms with Gasteiger partial charge in [-0.3, -0.25) is 4.90 Å². The van der Waals surface area contributed by atoms with Gasteiger partial charge in [0.25, 0.3) is 0 Å². The molecule has 4 nitrogen and oxygen atoms in total. The van der Waals surface area contributed by atoms with Crippen LogP contribution in [0.25, 0.3) is 0 Å². The first-order valence-corrected chi connectivity index (χ1v) is 8.91. The number of hydrogen-bond donors (Lipinski definition) is 2. The Labute approximate surface area is 143 Å². The largest absolute Gasteiger partial charge is 0.390 e. The van der Waals surface area contributed by atoms with E-state index in [-0.39, 0.29) is 23.9 Å². The van der Waals surface area contributed by atoms with Crippen molar-refractivity contribution in [2.24, 2.45) is 0 Å². The van der Waals surface area contributed by atoms with Gasteiger partial charge in [-0.1, -0.05) is 23.7 Å². The van der Waals surface area contributed by atoms with Crippen molar-refractivity contribution >= 4 is 11.6 Å². The predicted octanol–water partition coefficient (Wildman–Crippen LogP) is 2.39. The Morgan fingerprint density at radius 1 is 1.26 bits per heavy atom. The van der Waals surface area contributed by atoms with E-state index >= 15 is 0 Å². The molecule has 5 heteroatoms. The molecule has 3 unspecified atom stereocenters. The highest BCUT2D eigenvalue weighted by molar-refractivity contribution is 6.30. The lowest BCUT2D eigenvalue weighted by Gasteiger charge is -2.36. The monoisotopic (exact) mass is 338 g/mol. The summed E-state index contributed by atoms with van der Waals surface area (Å²) in [5.74, 6) is 0. The molecule has 1 heterocycles. The number of aliphatic hydroxyl groups is 1. The van der Waals surface area contributed by atoms with Crippen molar-refractivity contribution in [2.45, 2.75) is 50.5 Å². The molecule has 128 valence electrons. The minimum atomic E-state index is -0.364. The van der Waals surface area contributed by atoms with Crippen LogP contribution in [-0.2, 0) is 10.3 Å². The van der Waals surface area contributed by atoms with Gasteiger partial charge in [-0.25, -0.2) is 0 Å². The second kappa shape index (κ2) is 7.08. The SMILES string of the molecule is CC1CN(CC(O)CNC2(c3ccc(Cl)cc3)CC2)CC(C)O1. The van der Waals surface area contributed by atoms with Gasteiger partial charge in [-0.15, -0.1) is 0 Å². The summed E-state index contributed by atoms with van der Waals surface area (Å²) in [5.41, 5.74) is 1.31. The number of rotatable bonds is 6. The van der Waals surface area contributed by atoms with Crippen molar-refractivity contribution in [3.8, 4) is 0 Å². The zero-order valence-electron chi connectivity index (χ0n) is 14.0. The van der Waals surface area contributed by atoms with Crippen LogP contribution in [0.2, 0.25) is 5.02 Å². The Balaban J connectivity index is 1.49. The van der Waals surface area contributed by atoms with Crippen LogP contribution in [0, 0.1) is 0 Å². The smallest absolute Gasteiger partial charge is 0.0791 e. The van der Waals surface area contributed by atoms with Gasteiger partial charge in [0.2, 0.25) is 0 Å². The second-order valence-corrected chi connectivity index (χ2v) is 7.54. The fourth-order valence-corrected chi connectivity index (χ4v) is 3.70. The van der Waals surface area contributed by atoms with Crippen LogP contribution in [0.3, 0.4) is 0 Å². The third-order valence-corrected chi connectivity index (χ3v) is 5.04. The molecule has 23 heavy (non-hydrogen) atoms. The van der Waals surface area contributed by atoms with Gasteiger partial charge in [0.1, 0.15) is 0 Å². The van der Waals surface area contributed by atoms with Crippen LogP contribution in [-0.4, -0.2) is 54.5 Å². The van der Waals surface area contributed by atoms with E-state index < -0.39 is 0 Å². The van der Waals surface area contributed by atoms with Crippen LogP contribution < -0.4 is 5.32 Å².